The average Bonchev–Trinajstić information content (AvgIpc) is 2.61. The van der Waals surface area contributed by atoms with Crippen LogP contribution in [0.4, 0.5) is 0 Å². The van der Waals surface area contributed by atoms with Gasteiger partial charge in [0.25, 0.3) is 0 Å². The molecule has 0 radical (unpaired) electrons. The van der Waals surface area contributed by atoms with Crippen LogP contribution in [0.25, 0.3) is 5.57 Å². The summed E-state index contributed by atoms with van der Waals surface area (Å²) < 4.78 is 2.14. The summed E-state index contributed by atoms with van der Waals surface area (Å²) in [5.41, 5.74) is 2.51. The fourth-order valence-corrected chi connectivity index (χ4v) is 1.72. The van der Waals surface area contributed by atoms with Gasteiger partial charge in [-0.05, 0) is 30.5 Å². The van der Waals surface area contributed by atoms with Crippen LogP contribution in [0.3, 0.4) is 0 Å². The van der Waals surface area contributed by atoms with Crippen LogP contribution >= 0.6 is 0 Å². The molecule has 0 spiro atoms. The highest BCUT2D eigenvalue weighted by atomic mass is 15.0. The molecule has 0 aliphatic carbocycles. The molecule has 0 atom stereocenters. The van der Waals surface area contributed by atoms with Crippen molar-refractivity contribution in [1.82, 2.24) is 4.57 Å². The van der Waals surface area contributed by atoms with Crippen molar-refractivity contribution in [3.63, 3.8) is 0 Å². The molecule has 1 rings (SSSR count). The first-order valence-corrected chi connectivity index (χ1v) is 5.36. The van der Waals surface area contributed by atoms with Crippen molar-refractivity contribution in [1.29, 1.82) is 5.26 Å². The van der Waals surface area contributed by atoms with Gasteiger partial charge in [0.15, 0.2) is 0 Å². The van der Waals surface area contributed by atoms with E-state index < -0.39 is 0 Å². The van der Waals surface area contributed by atoms with Crippen molar-refractivity contribution in [3.05, 3.63) is 30.1 Å². The molecule has 1 heterocycles. The first-order valence-electron chi connectivity index (χ1n) is 5.36. The third kappa shape index (κ3) is 3.28. The Bertz CT molecular complexity index is 377. The van der Waals surface area contributed by atoms with E-state index >= 15 is 0 Å². The predicted octanol–water partition coefficient (Wildman–Crippen LogP) is 3.46. The van der Waals surface area contributed by atoms with Crippen LogP contribution in [-0.2, 0) is 6.54 Å². The Morgan fingerprint density at radius 3 is 2.93 bits per heavy atom. The van der Waals surface area contributed by atoms with Crippen LogP contribution in [0.2, 0.25) is 0 Å². The predicted molar refractivity (Wildman–Crippen MR) is 63.2 cm³/mol. The topological polar surface area (TPSA) is 28.7 Å². The molecule has 2 heteroatoms. The van der Waals surface area contributed by atoms with Gasteiger partial charge in [-0.15, -0.1) is 0 Å². The van der Waals surface area contributed by atoms with Gasteiger partial charge in [0.2, 0.25) is 0 Å². The maximum Gasteiger partial charge on any atom is 0.0640 e. The van der Waals surface area contributed by atoms with E-state index in [0.29, 0.717) is 12.3 Å². The SMILES string of the molecule is C/C(=C\C(C)C)c1cccn1CCC#N. The molecule has 0 saturated heterocycles. The van der Waals surface area contributed by atoms with Crippen LogP contribution in [0.15, 0.2) is 24.4 Å². The Morgan fingerprint density at radius 2 is 2.33 bits per heavy atom. The minimum atomic E-state index is 0.560. The number of hydrogen-bond acceptors (Lipinski definition) is 1. The second-order valence-electron chi connectivity index (χ2n) is 4.09. The van der Waals surface area contributed by atoms with E-state index in [1.807, 2.05) is 12.3 Å². The van der Waals surface area contributed by atoms with Gasteiger partial charge in [0.05, 0.1) is 12.5 Å². The van der Waals surface area contributed by atoms with E-state index in [2.05, 4.69) is 43.5 Å². The molecule has 0 bridgehead atoms. The minimum Gasteiger partial charge on any atom is -0.347 e. The number of aromatic nitrogens is 1. The first kappa shape index (κ1) is 11.6. The Labute approximate surface area is 91.8 Å². The van der Waals surface area contributed by atoms with Crippen LogP contribution in [0.5, 0.6) is 0 Å². The molecule has 0 unspecified atom stereocenters. The molecular formula is C13H18N2. The van der Waals surface area contributed by atoms with Gasteiger partial charge >= 0.3 is 0 Å². The Morgan fingerprint density at radius 1 is 1.60 bits per heavy atom. The van der Waals surface area contributed by atoms with Gasteiger partial charge in [0, 0.05) is 18.4 Å². The standard InChI is InChI=1S/C13H18N2/c1-11(2)10-12(3)13-6-4-8-15(13)9-5-7-14/h4,6,8,10-11H,5,9H2,1-3H3/b12-10+. The summed E-state index contributed by atoms with van der Waals surface area (Å²) in [6.07, 6.45) is 4.85. The van der Waals surface area contributed by atoms with E-state index in [1.165, 1.54) is 11.3 Å². The lowest BCUT2D eigenvalue weighted by atomic mass is 10.1. The van der Waals surface area contributed by atoms with Crippen molar-refractivity contribution >= 4 is 5.57 Å². The Kier molecular flexibility index (Phi) is 4.17. The number of nitrogens with zero attached hydrogens (tertiary/aromatic N) is 2. The van der Waals surface area contributed by atoms with Crippen LogP contribution in [0.1, 0.15) is 32.9 Å². The van der Waals surface area contributed by atoms with Gasteiger partial charge in [-0.2, -0.15) is 5.26 Å². The molecule has 15 heavy (non-hydrogen) atoms. The van der Waals surface area contributed by atoms with Crippen molar-refractivity contribution in [2.45, 2.75) is 33.7 Å². The van der Waals surface area contributed by atoms with E-state index in [9.17, 15) is 0 Å². The minimum absolute atomic E-state index is 0.560. The van der Waals surface area contributed by atoms with E-state index in [1.54, 1.807) is 0 Å². The van der Waals surface area contributed by atoms with Gasteiger partial charge < -0.3 is 4.57 Å². The molecule has 1 aromatic heterocycles. The van der Waals surface area contributed by atoms with Gasteiger partial charge in [-0.1, -0.05) is 19.9 Å². The summed E-state index contributed by atoms with van der Waals surface area (Å²) in [7, 11) is 0. The van der Waals surface area contributed by atoms with Crippen molar-refractivity contribution in [3.8, 4) is 6.07 Å². The zero-order valence-corrected chi connectivity index (χ0v) is 9.70. The molecule has 0 fully saturated rings. The summed E-state index contributed by atoms with van der Waals surface area (Å²) in [6.45, 7) is 7.25. The summed E-state index contributed by atoms with van der Waals surface area (Å²) in [4.78, 5) is 0. The second kappa shape index (κ2) is 5.41. The lowest BCUT2D eigenvalue weighted by molar-refractivity contribution is 0.710. The summed E-state index contributed by atoms with van der Waals surface area (Å²) in [6, 6.07) is 6.31. The lowest BCUT2D eigenvalue weighted by Gasteiger charge is -2.08. The first-order chi connectivity index (χ1) is 7.15. The number of rotatable bonds is 4. The molecule has 0 amide bonds. The molecule has 2 nitrogen and oxygen atoms in total. The third-order valence-electron chi connectivity index (χ3n) is 2.28. The Balaban J connectivity index is 2.85. The second-order valence-corrected chi connectivity index (χ2v) is 4.09. The quantitative estimate of drug-likeness (QED) is 0.735. The summed E-state index contributed by atoms with van der Waals surface area (Å²) in [5, 5.41) is 8.56. The van der Waals surface area contributed by atoms with Crippen molar-refractivity contribution in [2.75, 3.05) is 0 Å². The van der Waals surface area contributed by atoms with Crippen LogP contribution in [-0.4, -0.2) is 4.57 Å². The zero-order valence-electron chi connectivity index (χ0n) is 9.70. The van der Waals surface area contributed by atoms with Gasteiger partial charge in [-0.3, -0.25) is 0 Å². The largest absolute Gasteiger partial charge is 0.347 e. The van der Waals surface area contributed by atoms with Crippen molar-refractivity contribution in [2.24, 2.45) is 5.92 Å². The molecular weight excluding hydrogens is 184 g/mol. The maximum absolute atomic E-state index is 8.56. The maximum atomic E-state index is 8.56. The summed E-state index contributed by atoms with van der Waals surface area (Å²) >= 11 is 0. The third-order valence-corrected chi connectivity index (χ3v) is 2.28. The highest BCUT2D eigenvalue weighted by Crippen LogP contribution is 2.17. The zero-order chi connectivity index (χ0) is 11.3. The highest BCUT2D eigenvalue weighted by molar-refractivity contribution is 5.61. The molecule has 0 aromatic carbocycles. The molecule has 0 saturated carbocycles. The molecule has 0 N–H and O–H groups in total. The lowest BCUT2D eigenvalue weighted by Crippen LogP contribution is -2.00. The smallest absolute Gasteiger partial charge is 0.0640 e. The molecule has 1 aromatic rings. The van der Waals surface area contributed by atoms with E-state index in [-0.39, 0.29) is 0 Å². The number of aryl methyl sites for hydroxylation is 1. The number of hydrogen-bond donors (Lipinski definition) is 0. The average molecular weight is 202 g/mol. The number of allylic oxidation sites excluding steroid dienone is 2. The number of nitriles is 1. The molecule has 0 aliphatic heterocycles. The normalized spacial score (nSPS) is 11.8. The fraction of sp³-hybridized carbons (Fsp3) is 0.462. The molecule has 0 aliphatic rings. The highest BCUT2D eigenvalue weighted by Gasteiger charge is 2.02. The van der Waals surface area contributed by atoms with E-state index in [4.69, 9.17) is 5.26 Å². The fourth-order valence-electron chi connectivity index (χ4n) is 1.72. The van der Waals surface area contributed by atoms with Crippen molar-refractivity contribution < 1.29 is 0 Å². The molecule has 80 valence electrons. The summed E-state index contributed by atoms with van der Waals surface area (Å²) in [5.74, 6) is 0.560. The monoisotopic (exact) mass is 202 g/mol. The van der Waals surface area contributed by atoms with Gasteiger partial charge in [-0.25, -0.2) is 0 Å². The van der Waals surface area contributed by atoms with Gasteiger partial charge in [0.1, 0.15) is 0 Å². The van der Waals surface area contributed by atoms with Crippen LogP contribution in [0, 0.1) is 17.2 Å². The van der Waals surface area contributed by atoms with Crippen LogP contribution < -0.4 is 0 Å². The van der Waals surface area contributed by atoms with E-state index in [0.717, 1.165) is 6.54 Å². The Hall–Kier alpha value is -1.49.